The first-order valence-corrected chi connectivity index (χ1v) is 9.83. The lowest BCUT2D eigenvalue weighted by Gasteiger charge is -2.39. The Bertz CT molecular complexity index is 438. The van der Waals surface area contributed by atoms with Crippen molar-refractivity contribution in [2.45, 2.75) is 64.5 Å². The van der Waals surface area contributed by atoms with Crippen molar-refractivity contribution < 1.29 is 0 Å². The van der Waals surface area contributed by atoms with Crippen LogP contribution in [0.25, 0.3) is 0 Å². The molecule has 1 heterocycles. The van der Waals surface area contributed by atoms with Crippen LogP contribution >= 0.6 is 0 Å². The van der Waals surface area contributed by atoms with E-state index in [0.717, 1.165) is 18.4 Å². The summed E-state index contributed by atoms with van der Waals surface area (Å²) < 4.78 is 0. The van der Waals surface area contributed by atoms with Crippen LogP contribution in [0.3, 0.4) is 0 Å². The number of benzene rings is 1. The number of nitrogens with zero attached hydrogens (tertiary/aromatic N) is 1. The van der Waals surface area contributed by atoms with Crippen LogP contribution in [-0.4, -0.2) is 30.6 Å². The lowest BCUT2D eigenvalue weighted by molar-refractivity contribution is 0.118. The molecule has 1 saturated carbocycles. The van der Waals surface area contributed by atoms with E-state index in [1.807, 2.05) is 0 Å². The second-order valence-electron chi connectivity index (χ2n) is 7.82. The summed E-state index contributed by atoms with van der Waals surface area (Å²) in [7, 11) is 0. The lowest BCUT2D eigenvalue weighted by atomic mass is 9.89. The molecule has 2 aliphatic rings. The van der Waals surface area contributed by atoms with Crippen molar-refractivity contribution in [2.75, 3.05) is 19.6 Å². The van der Waals surface area contributed by atoms with Gasteiger partial charge in [-0.15, -0.1) is 0 Å². The minimum Gasteiger partial charge on any atom is -0.309 e. The zero-order valence-electron chi connectivity index (χ0n) is 14.8. The highest BCUT2D eigenvalue weighted by molar-refractivity contribution is 5.14. The Hall–Kier alpha value is -0.860. The zero-order chi connectivity index (χ0) is 15.9. The van der Waals surface area contributed by atoms with Crippen LogP contribution < -0.4 is 5.32 Å². The Labute approximate surface area is 142 Å². The molecule has 23 heavy (non-hydrogen) atoms. The molecule has 0 amide bonds. The highest BCUT2D eigenvalue weighted by Gasteiger charge is 2.28. The molecule has 1 aromatic carbocycles. The molecule has 1 aliphatic heterocycles. The molecule has 0 bridgehead atoms. The van der Waals surface area contributed by atoms with Gasteiger partial charge in [0, 0.05) is 32.2 Å². The van der Waals surface area contributed by atoms with Crippen LogP contribution in [0.5, 0.6) is 0 Å². The van der Waals surface area contributed by atoms with E-state index in [9.17, 15) is 0 Å². The third-order valence-corrected chi connectivity index (χ3v) is 5.74. The topological polar surface area (TPSA) is 15.3 Å². The molecule has 1 N–H and O–H groups in total. The highest BCUT2D eigenvalue weighted by atomic mass is 15.2. The molecular weight excluding hydrogens is 280 g/mol. The molecule has 0 radical (unpaired) electrons. The average Bonchev–Trinajstić information content (AvgIpc) is 3.07. The maximum absolute atomic E-state index is 3.84. The van der Waals surface area contributed by atoms with Gasteiger partial charge in [-0.05, 0) is 43.1 Å². The fourth-order valence-corrected chi connectivity index (χ4v) is 4.63. The van der Waals surface area contributed by atoms with Crippen LogP contribution in [-0.2, 0) is 6.54 Å². The molecule has 0 aromatic heterocycles. The number of rotatable bonds is 7. The third-order valence-electron chi connectivity index (χ3n) is 5.74. The second-order valence-corrected chi connectivity index (χ2v) is 7.82. The van der Waals surface area contributed by atoms with Gasteiger partial charge in [-0.1, -0.05) is 56.5 Å². The first kappa shape index (κ1) is 17.0. The van der Waals surface area contributed by atoms with E-state index in [0.29, 0.717) is 6.04 Å². The lowest BCUT2D eigenvalue weighted by Crippen LogP contribution is -2.50. The number of hydrogen-bond donors (Lipinski definition) is 1. The van der Waals surface area contributed by atoms with Gasteiger partial charge in [0.05, 0.1) is 0 Å². The predicted molar refractivity (Wildman–Crippen MR) is 98.5 cm³/mol. The maximum Gasteiger partial charge on any atom is 0.0208 e. The molecule has 128 valence electrons. The van der Waals surface area contributed by atoms with Crippen molar-refractivity contribution in [3.8, 4) is 0 Å². The molecule has 2 heteroatoms. The SMILES string of the molecule is CCCC1CC(NCc2ccccc2)CN(CC2CCCC2)C1. The minimum atomic E-state index is 0.668. The Kier molecular flexibility index (Phi) is 6.53. The Balaban J connectivity index is 1.52. The summed E-state index contributed by atoms with van der Waals surface area (Å²) >= 11 is 0. The summed E-state index contributed by atoms with van der Waals surface area (Å²) in [4.78, 5) is 2.78. The molecule has 2 nitrogen and oxygen atoms in total. The number of piperidine rings is 1. The van der Waals surface area contributed by atoms with Gasteiger partial charge >= 0.3 is 0 Å². The number of nitrogens with one attached hydrogen (secondary N) is 1. The van der Waals surface area contributed by atoms with Crippen molar-refractivity contribution in [1.29, 1.82) is 0 Å². The molecule has 2 fully saturated rings. The van der Waals surface area contributed by atoms with E-state index < -0.39 is 0 Å². The summed E-state index contributed by atoms with van der Waals surface area (Å²) in [6, 6.07) is 11.5. The monoisotopic (exact) mass is 314 g/mol. The van der Waals surface area contributed by atoms with Crippen molar-refractivity contribution in [3.63, 3.8) is 0 Å². The Morgan fingerprint density at radius 2 is 1.83 bits per heavy atom. The Morgan fingerprint density at radius 1 is 1.04 bits per heavy atom. The molecule has 0 spiro atoms. The van der Waals surface area contributed by atoms with E-state index in [4.69, 9.17) is 0 Å². The molecule has 1 saturated heterocycles. The normalized spacial score (nSPS) is 26.7. The second kappa shape index (κ2) is 8.84. The smallest absolute Gasteiger partial charge is 0.0208 e. The molecule has 3 rings (SSSR count). The van der Waals surface area contributed by atoms with Gasteiger partial charge in [0.1, 0.15) is 0 Å². The van der Waals surface area contributed by atoms with Gasteiger partial charge in [0.25, 0.3) is 0 Å². The van der Waals surface area contributed by atoms with E-state index in [-0.39, 0.29) is 0 Å². The zero-order valence-corrected chi connectivity index (χ0v) is 14.8. The van der Waals surface area contributed by atoms with Gasteiger partial charge in [-0.25, -0.2) is 0 Å². The quantitative estimate of drug-likeness (QED) is 0.799. The summed E-state index contributed by atoms with van der Waals surface area (Å²) in [6.07, 6.45) is 9.95. The molecule has 1 aliphatic carbocycles. The van der Waals surface area contributed by atoms with Crippen molar-refractivity contribution in [3.05, 3.63) is 35.9 Å². The van der Waals surface area contributed by atoms with Crippen LogP contribution in [0.15, 0.2) is 30.3 Å². The van der Waals surface area contributed by atoms with Gasteiger partial charge in [-0.2, -0.15) is 0 Å². The number of hydrogen-bond acceptors (Lipinski definition) is 2. The fraction of sp³-hybridized carbons (Fsp3) is 0.714. The van der Waals surface area contributed by atoms with Crippen LogP contribution in [0.1, 0.15) is 57.4 Å². The van der Waals surface area contributed by atoms with Crippen LogP contribution in [0.2, 0.25) is 0 Å². The predicted octanol–water partition coefficient (Wildman–Crippen LogP) is 4.46. The first-order chi connectivity index (χ1) is 11.3. The Morgan fingerprint density at radius 3 is 2.57 bits per heavy atom. The largest absolute Gasteiger partial charge is 0.309 e. The van der Waals surface area contributed by atoms with E-state index in [2.05, 4.69) is 47.5 Å². The van der Waals surface area contributed by atoms with E-state index in [1.54, 1.807) is 0 Å². The van der Waals surface area contributed by atoms with Crippen LogP contribution in [0.4, 0.5) is 0 Å². The third kappa shape index (κ3) is 5.32. The summed E-state index contributed by atoms with van der Waals surface area (Å²) in [6.45, 7) is 7.30. The van der Waals surface area contributed by atoms with E-state index >= 15 is 0 Å². The van der Waals surface area contributed by atoms with Gasteiger partial charge in [0.15, 0.2) is 0 Å². The minimum absolute atomic E-state index is 0.668. The standard InChI is InChI=1S/C21H34N2/c1-2-8-20-13-21(22-14-18-9-4-3-5-10-18)17-23(16-20)15-19-11-6-7-12-19/h3-5,9-10,19-22H,2,6-8,11-17H2,1H3. The molecule has 2 unspecified atom stereocenters. The first-order valence-electron chi connectivity index (χ1n) is 9.83. The van der Waals surface area contributed by atoms with Crippen LogP contribution in [0, 0.1) is 11.8 Å². The molecular formula is C21H34N2. The average molecular weight is 315 g/mol. The highest BCUT2D eigenvalue weighted by Crippen LogP contribution is 2.28. The maximum atomic E-state index is 3.84. The van der Waals surface area contributed by atoms with Crippen molar-refractivity contribution in [1.82, 2.24) is 10.2 Å². The van der Waals surface area contributed by atoms with E-state index in [1.165, 1.54) is 70.1 Å². The van der Waals surface area contributed by atoms with Crippen molar-refractivity contribution in [2.24, 2.45) is 11.8 Å². The number of likely N-dealkylation sites (tertiary alicyclic amines) is 1. The van der Waals surface area contributed by atoms with Gasteiger partial charge in [-0.3, -0.25) is 0 Å². The summed E-state index contributed by atoms with van der Waals surface area (Å²) in [5.74, 6) is 1.87. The molecule has 1 aromatic rings. The summed E-state index contributed by atoms with van der Waals surface area (Å²) in [5, 5.41) is 3.84. The van der Waals surface area contributed by atoms with Crippen molar-refractivity contribution >= 4 is 0 Å². The van der Waals surface area contributed by atoms with Gasteiger partial charge < -0.3 is 10.2 Å². The fourth-order valence-electron chi connectivity index (χ4n) is 4.63. The molecule has 2 atom stereocenters. The summed E-state index contributed by atoms with van der Waals surface area (Å²) in [5.41, 5.74) is 1.41. The van der Waals surface area contributed by atoms with Gasteiger partial charge in [0.2, 0.25) is 0 Å².